The Hall–Kier alpha value is -0.870. The van der Waals surface area contributed by atoms with E-state index in [0.717, 1.165) is 12.8 Å². The van der Waals surface area contributed by atoms with Crippen molar-refractivity contribution < 1.29 is 14.6 Å². The molecular weight excluding hydrogens is 158 g/mol. The monoisotopic (exact) mass is 173 g/mol. The third-order valence-corrected chi connectivity index (χ3v) is 1.39. The first kappa shape index (κ1) is 11.1. The molecular formula is C8H15NO3. The lowest BCUT2D eigenvalue weighted by Crippen LogP contribution is -2.25. The summed E-state index contributed by atoms with van der Waals surface area (Å²) in [6.45, 7) is 5.69. The molecule has 4 nitrogen and oxygen atoms in total. The van der Waals surface area contributed by atoms with Gasteiger partial charge in [0.25, 0.3) is 0 Å². The van der Waals surface area contributed by atoms with Crippen LogP contribution in [0.1, 0.15) is 19.8 Å². The molecule has 0 spiro atoms. The standard InChI is InChI=1S/C8H15NO3/c1-3-4-5-12-8(11)6(2)7(9)10/h8,11H,2-5H2,1H3,(H2,9,10). The van der Waals surface area contributed by atoms with Crippen LogP contribution in [-0.4, -0.2) is 23.9 Å². The highest BCUT2D eigenvalue weighted by Crippen LogP contribution is 2.01. The van der Waals surface area contributed by atoms with Crippen molar-refractivity contribution in [2.45, 2.75) is 26.1 Å². The van der Waals surface area contributed by atoms with Gasteiger partial charge in [0.2, 0.25) is 5.91 Å². The Labute approximate surface area is 72.0 Å². The lowest BCUT2D eigenvalue weighted by Gasteiger charge is -2.11. The van der Waals surface area contributed by atoms with E-state index in [-0.39, 0.29) is 5.57 Å². The summed E-state index contributed by atoms with van der Waals surface area (Å²) in [5, 5.41) is 9.09. The molecule has 0 fully saturated rings. The third kappa shape index (κ3) is 4.10. The number of carbonyl (C=O) groups excluding carboxylic acids is 1. The Balaban J connectivity index is 3.64. The van der Waals surface area contributed by atoms with Crippen LogP contribution >= 0.6 is 0 Å². The van der Waals surface area contributed by atoms with Crippen LogP contribution in [0, 0.1) is 0 Å². The second-order valence-electron chi connectivity index (χ2n) is 2.47. The summed E-state index contributed by atoms with van der Waals surface area (Å²) in [5.74, 6) is -0.737. The highest BCUT2D eigenvalue weighted by molar-refractivity contribution is 5.91. The predicted octanol–water partition coefficient (Wildman–Crippen LogP) is 0.163. The van der Waals surface area contributed by atoms with E-state index in [0.29, 0.717) is 6.61 Å². The lowest BCUT2D eigenvalue weighted by atomic mass is 10.3. The Bertz CT molecular complexity index is 168. The van der Waals surface area contributed by atoms with Crippen molar-refractivity contribution in [3.05, 3.63) is 12.2 Å². The Morgan fingerprint density at radius 2 is 2.33 bits per heavy atom. The molecule has 3 N–H and O–H groups in total. The zero-order chi connectivity index (χ0) is 9.56. The number of rotatable bonds is 6. The molecule has 1 amide bonds. The van der Waals surface area contributed by atoms with E-state index in [9.17, 15) is 4.79 Å². The van der Waals surface area contributed by atoms with Crippen LogP contribution in [0.15, 0.2) is 12.2 Å². The molecule has 1 unspecified atom stereocenters. The molecule has 12 heavy (non-hydrogen) atoms. The van der Waals surface area contributed by atoms with E-state index in [2.05, 4.69) is 6.58 Å². The third-order valence-electron chi connectivity index (χ3n) is 1.39. The fourth-order valence-corrected chi connectivity index (χ4v) is 0.562. The van der Waals surface area contributed by atoms with E-state index in [1.165, 1.54) is 0 Å². The average molecular weight is 173 g/mol. The normalized spacial score (nSPS) is 12.5. The summed E-state index contributed by atoms with van der Waals surface area (Å²) in [6.07, 6.45) is 0.549. The number of ether oxygens (including phenoxy) is 1. The van der Waals surface area contributed by atoms with Gasteiger partial charge in [-0.15, -0.1) is 0 Å². The number of hydrogen-bond acceptors (Lipinski definition) is 3. The number of unbranched alkanes of at least 4 members (excludes halogenated alkanes) is 1. The maximum atomic E-state index is 10.5. The number of primary amides is 1. The predicted molar refractivity (Wildman–Crippen MR) is 45.2 cm³/mol. The minimum atomic E-state index is -1.26. The largest absolute Gasteiger partial charge is 0.366 e. The summed E-state index contributed by atoms with van der Waals surface area (Å²) < 4.78 is 4.86. The molecule has 0 bridgehead atoms. The quantitative estimate of drug-likeness (QED) is 0.341. The fourth-order valence-electron chi connectivity index (χ4n) is 0.562. The van der Waals surface area contributed by atoms with Gasteiger partial charge < -0.3 is 15.6 Å². The molecule has 0 rings (SSSR count). The van der Waals surface area contributed by atoms with Gasteiger partial charge in [0.15, 0.2) is 6.29 Å². The first-order chi connectivity index (χ1) is 5.59. The van der Waals surface area contributed by atoms with Crippen molar-refractivity contribution >= 4 is 5.91 Å². The molecule has 70 valence electrons. The first-order valence-corrected chi connectivity index (χ1v) is 3.87. The SMILES string of the molecule is C=C(C(N)=O)C(O)OCCCC. The molecule has 0 aliphatic heterocycles. The minimum absolute atomic E-state index is 0.105. The molecule has 0 aromatic carbocycles. The van der Waals surface area contributed by atoms with Gasteiger partial charge in [0.05, 0.1) is 12.2 Å². The van der Waals surface area contributed by atoms with Crippen LogP contribution in [0.4, 0.5) is 0 Å². The number of carbonyl (C=O) groups is 1. The summed E-state index contributed by atoms with van der Waals surface area (Å²) >= 11 is 0. The van der Waals surface area contributed by atoms with Crippen LogP contribution in [0.3, 0.4) is 0 Å². The van der Waals surface area contributed by atoms with Crippen LogP contribution in [0.25, 0.3) is 0 Å². The van der Waals surface area contributed by atoms with Crippen molar-refractivity contribution in [1.29, 1.82) is 0 Å². The molecule has 0 saturated heterocycles. The van der Waals surface area contributed by atoms with Crippen molar-refractivity contribution in [1.82, 2.24) is 0 Å². The molecule has 0 aromatic heterocycles. The second kappa shape index (κ2) is 5.74. The maximum Gasteiger partial charge on any atom is 0.249 e. The number of amides is 1. The zero-order valence-electron chi connectivity index (χ0n) is 7.25. The van der Waals surface area contributed by atoms with Gasteiger partial charge in [-0.05, 0) is 6.42 Å². The topological polar surface area (TPSA) is 72.6 Å². The average Bonchev–Trinajstić information content (AvgIpc) is 2.03. The van der Waals surface area contributed by atoms with Gasteiger partial charge in [-0.1, -0.05) is 19.9 Å². The molecule has 0 heterocycles. The number of nitrogens with two attached hydrogens (primary N) is 1. The molecule has 0 radical (unpaired) electrons. The molecule has 0 saturated carbocycles. The molecule has 1 atom stereocenters. The molecule has 0 aromatic rings. The number of aliphatic hydroxyl groups is 1. The smallest absolute Gasteiger partial charge is 0.249 e. The highest BCUT2D eigenvalue weighted by Gasteiger charge is 2.13. The Kier molecular flexibility index (Phi) is 5.32. The van der Waals surface area contributed by atoms with Crippen LogP contribution < -0.4 is 5.73 Å². The van der Waals surface area contributed by atoms with Crippen LogP contribution in [-0.2, 0) is 9.53 Å². The number of aliphatic hydroxyl groups excluding tert-OH is 1. The van der Waals surface area contributed by atoms with E-state index >= 15 is 0 Å². The summed E-state index contributed by atoms with van der Waals surface area (Å²) in [6, 6.07) is 0. The molecule has 0 aliphatic carbocycles. The van der Waals surface area contributed by atoms with Crippen molar-refractivity contribution in [2.75, 3.05) is 6.61 Å². The van der Waals surface area contributed by atoms with E-state index in [1.807, 2.05) is 6.92 Å². The van der Waals surface area contributed by atoms with Crippen LogP contribution in [0.5, 0.6) is 0 Å². The lowest BCUT2D eigenvalue weighted by molar-refractivity contribution is -0.121. The summed E-state index contributed by atoms with van der Waals surface area (Å²) in [7, 11) is 0. The molecule has 4 heteroatoms. The van der Waals surface area contributed by atoms with Gasteiger partial charge >= 0.3 is 0 Å². The van der Waals surface area contributed by atoms with Gasteiger partial charge in [-0.25, -0.2) is 0 Å². The van der Waals surface area contributed by atoms with E-state index in [1.54, 1.807) is 0 Å². The van der Waals surface area contributed by atoms with Gasteiger partial charge in [-0.2, -0.15) is 0 Å². The van der Waals surface area contributed by atoms with Gasteiger partial charge in [0, 0.05) is 0 Å². The van der Waals surface area contributed by atoms with Gasteiger partial charge in [-0.3, -0.25) is 4.79 Å². The zero-order valence-corrected chi connectivity index (χ0v) is 7.25. The summed E-state index contributed by atoms with van der Waals surface area (Å²) in [5.41, 5.74) is 4.76. The Morgan fingerprint density at radius 3 is 2.75 bits per heavy atom. The van der Waals surface area contributed by atoms with Crippen molar-refractivity contribution in [3.8, 4) is 0 Å². The summed E-state index contributed by atoms with van der Waals surface area (Å²) in [4.78, 5) is 10.5. The maximum absolute atomic E-state index is 10.5. The van der Waals surface area contributed by atoms with Gasteiger partial charge in [0.1, 0.15) is 0 Å². The number of hydrogen-bond donors (Lipinski definition) is 2. The van der Waals surface area contributed by atoms with Crippen LogP contribution in [0.2, 0.25) is 0 Å². The van der Waals surface area contributed by atoms with Crippen molar-refractivity contribution in [2.24, 2.45) is 5.73 Å². The Morgan fingerprint density at radius 1 is 1.75 bits per heavy atom. The van der Waals surface area contributed by atoms with Crippen molar-refractivity contribution in [3.63, 3.8) is 0 Å². The van der Waals surface area contributed by atoms with E-state index < -0.39 is 12.2 Å². The van der Waals surface area contributed by atoms with E-state index in [4.69, 9.17) is 15.6 Å². The second-order valence-corrected chi connectivity index (χ2v) is 2.47. The first-order valence-electron chi connectivity index (χ1n) is 3.87. The minimum Gasteiger partial charge on any atom is -0.366 e. The molecule has 0 aliphatic rings. The highest BCUT2D eigenvalue weighted by atomic mass is 16.6. The fraction of sp³-hybridized carbons (Fsp3) is 0.625.